The van der Waals surface area contributed by atoms with E-state index in [1.165, 1.54) is 19.1 Å². The van der Waals surface area contributed by atoms with Crippen molar-refractivity contribution in [3.8, 4) is 0 Å². The summed E-state index contributed by atoms with van der Waals surface area (Å²) in [5.74, 6) is -7.60. The molecular weight excluding hydrogens is 281 g/mol. The van der Waals surface area contributed by atoms with Crippen LogP contribution in [0.5, 0.6) is 0 Å². The third kappa shape index (κ3) is 2.25. The zero-order valence-corrected chi connectivity index (χ0v) is 10.5. The van der Waals surface area contributed by atoms with Gasteiger partial charge in [-0.3, -0.25) is 4.79 Å². The minimum Gasteiger partial charge on any atom is -0.304 e. The smallest absolute Gasteiger partial charge is 0.304 e. The lowest BCUT2D eigenvalue weighted by atomic mass is 9.96. The molecule has 1 aliphatic heterocycles. The molecule has 7 heteroatoms. The highest BCUT2D eigenvalue weighted by atomic mass is 19.4. The second-order valence-corrected chi connectivity index (χ2v) is 4.76. The first-order valence-corrected chi connectivity index (χ1v) is 6.02. The van der Waals surface area contributed by atoms with Crippen LogP contribution in [0, 0.1) is 0 Å². The molecule has 0 bridgehead atoms. The van der Waals surface area contributed by atoms with E-state index in [9.17, 15) is 26.7 Å². The highest BCUT2D eigenvalue weighted by Gasteiger charge is 2.65. The average Bonchev–Trinajstić information content (AvgIpc) is 2.36. The van der Waals surface area contributed by atoms with Crippen molar-refractivity contribution in [2.24, 2.45) is 0 Å². The molecule has 2 nitrogen and oxygen atoms in total. The monoisotopic (exact) mass is 293 g/mol. The minimum atomic E-state index is -5.89. The molecule has 1 aromatic rings. The summed E-state index contributed by atoms with van der Waals surface area (Å²) in [6.45, 7) is 1.46. The summed E-state index contributed by atoms with van der Waals surface area (Å²) in [6, 6.07) is 5.45. The van der Waals surface area contributed by atoms with Crippen LogP contribution in [0.1, 0.15) is 18.9 Å². The van der Waals surface area contributed by atoms with E-state index in [1.54, 1.807) is 12.1 Å². The summed E-state index contributed by atoms with van der Waals surface area (Å²) in [6.07, 6.45) is -5.01. The molecule has 20 heavy (non-hydrogen) atoms. The third-order valence-electron chi connectivity index (χ3n) is 3.37. The molecule has 2 rings (SSSR count). The van der Waals surface area contributed by atoms with Crippen molar-refractivity contribution in [1.82, 2.24) is 0 Å². The number of para-hydroxylation sites is 1. The van der Waals surface area contributed by atoms with Gasteiger partial charge in [0.2, 0.25) is 0 Å². The number of hydrogen-bond donors (Lipinski definition) is 0. The van der Waals surface area contributed by atoms with Gasteiger partial charge in [-0.05, 0) is 31.4 Å². The molecule has 0 saturated carbocycles. The Bertz CT molecular complexity index is 526. The number of hydrogen-bond acceptors (Lipinski definition) is 1. The predicted octanol–water partition coefficient (Wildman–Crippen LogP) is 3.55. The molecule has 0 spiro atoms. The van der Waals surface area contributed by atoms with E-state index < -0.39 is 24.0 Å². The molecule has 0 aromatic heterocycles. The fourth-order valence-corrected chi connectivity index (χ4v) is 2.27. The summed E-state index contributed by atoms with van der Waals surface area (Å²) in [7, 11) is 0. The summed E-state index contributed by atoms with van der Waals surface area (Å²) >= 11 is 0. The van der Waals surface area contributed by atoms with Crippen molar-refractivity contribution in [3.63, 3.8) is 0 Å². The van der Waals surface area contributed by atoms with Gasteiger partial charge >= 0.3 is 18.0 Å². The predicted molar refractivity (Wildman–Crippen MR) is 62.7 cm³/mol. The minimum absolute atomic E-state index is 0.125. The van der Waals surface area contributed by atoms with Gasteiger partial charge in [0.05, 0.1) is 0 Å². The van der Waals surface area contributed by atoms with Gasteiger partial charge in [0.25, 0.3) is 0 Å². The Labute approximate surface area is 112 Å². The van der Waals surface area contributed by atoms with Crippen LogP contribution >= 0.6 is 0 Å². The van der Waals surface area contributed by atoms with E-state index in [-0.39, 0.29) is 5.69 Å². The topological polar surface area (TPSA) is 20.3 Å². The number of aryl methyl sites for hydroxylation is 1. The van der Waals surface area contributed by atoms with Gasteiger partial charge in [0.15, 0.2) is 0 Å². The number of carbonyl (C=O) groups is 1. The number of amides is 1. The van der Waals surface area contributed by atoms with Crippen molar-refractivity contribution in [2.45, 2.75) is 37.9 Å². The number of rotatable bonds is 1. The Morgan fingerprint density at radius 3 is 2.40 bits per heavy atom. The van der Waals surface area contributed by atoms with Crippen molar-refractivity contribution >= 4 is 11.6 Å². The highest BCUT2D eigenvalue weighted by Crippen LogP contribution is 2.40. The molecule has 1 aliphatic rings. The van der Waals surface area contributed by atoms with Crippen LogP contribution in [0.4, 0.5) is 27.6 Å². The zero-order chi connectivity index (χ0) is 15.1. The number of nitrogens with zero attached hydrogens (tertiary/aromatic N) is 1. The number of halogens is 5. The van der Waals surface area contributed by atoms with Crippen LogP contribution in [0.15, 0.2) is 24.3 Å². The van der Waals surface area contributed by atoms with Crippen molar-refractivity contribution in [3.05, 3.63) is 29.8 Å². The normalized spacial score (nSPS) is 19.7. The zero-order valence-electron chi connectivity index (χ0n) is 10.5. The first-order chi connectivity index (χ1) is 9.16. The summed E-state index contributed by atoms with van der Waals surface area (Å²) in [5, 5.41) is 0. The number of carbonyl (C=O) groups excluding carboxylic acids is 1. The molecule has 1 heterocycles. The molecule has 1 amide bonds. The van der Waals surface area contributed by atoms with E-state index >= 15 is 0 Å². The molecule has 0 aliphatic carbocycles. The van der Waals surface area contributed by atoms with Crippen LogP contribution < -0.4 is 4.90 Å². The Balaban J connectivity index is 2.44. The van der Waals surface area contributed by atoms with Crippen molar-refractivity contribution in [1.29, 1.82) is 0 Å². The summed E-state index contributed by atoms with van der Waals surface area (Å²) in [5.41, 5.74) is 0.720. The molecular formula is C13H12F5NO. The molecule has 0 radical (unpaired) electrons. The quantitative estimate of drug-likeness (QED) is 0.725. The standard InChI is InChI=1S/C13H12F5NO/c1-8-6-7-9-4-2-3-5-10(9)19(8)11(20)12(14,15)13(16,17)18/h2-5,8H,6-7H2,1H3. The molecule has 110 valence electrons. The van der Waals surface area contributed by atoms with Crippen molar-refractivity contribution in [2.75, 3.05) is 4.90 Å². The maximum absolute atomic E-state index is 13.3. The Morgan fingerprint density at radius 2 is 1.80 bits per heavy atom. The lowest BCUT2D eigenvalue weighted by molar-refractivity contribution is -0.268. The van der Waals surface area contributed by atoms with Gasteiger partial charge in [-0.1, -0.05) is 18.2 Å². The molecule has 1 atom stereocenters. The van der Waals surface area contributed by atoms with Gasteiger partial charge < -0.3 is 4.90 Å². The fraction of sp³-hybridized carbons (Fsp3) is 0.462. The van der Waals surface area contributed by atoms with E-state index in [4.69, 9.17) is 0 Å². The molecule has 0 N–H and O–H groups in total. The van der Waals surface area contributed by atoms with Crippen LogP contribution in [0.2, 0.25) is 0 Å². The Kier molecular flexibility index (Phi) is 3.47. The number of fused-ring (bicyclic) bond motifs is 1. The lowest BCUT2D eigenvalue weighted by Gasteiger charge is -2.37. The van der Waals surface area contributed by atoms with Gasteiger partial charge in [0, 0.05) is 11.7 Å². The largest absolute Gasteiger partial charge is 0.463 e. The van der Waals surface area contributed by atoms with Crippen LogP contribution in [0.3, 0.4) is 0 Å². The van der Waals surface area contributed by atoms with E-state index in [0.29, 0.717) is 23.3 Å². The molecule has 0 fully saturated rings. The molecule has 1 unspecified atom stereocenters. The van der Waals surface area contributed by atoms with Gasteiger partial charge in [-0.25, -0.2) is 0 Å². The Morgan fingerprint density at radius 1 is 1.20 bits per heavy atom. The average molecular weight is 293 g/mol. The first kappa shape index (κ1) is 14.7. The van der Waals surface area contributed by atoms with Crippen molar-refractivity contribution < 1.29 is 26.7 Å². The fourth-order valence-electron chi connectivity index (χ4n) is 2.27. The van der Waals surface area contributed by atoms with Gasteiger partial charge in [-0.15, -0.1) is 0 Å². The number of anilines is 1. The maximum atomic E-state index is 13.3. The van der Waals surface area contributed by atoms with E-state index in [2.05, 4.69) is 0 Å². The van der Waals surface area contributed by atoms with Crippen LogP contribution in [-0.2, 0) is 11.2 Å². The highest BCUT2D eigenvalue weighted by molar-refractivity contribution is 6.00. The summed E-state index contributed by atoms with van der Waals surface area (Å²) < 4.78 is 63.6. The second kappa shape index (κ2) is 4.71. The number of alkyl halides is 5. The van der Waals surface area contributed by atoms with Gasteiger partial charge in [-0.2, -0.15) is 22.0 Å². The first-order valence-electron chi connectivity index (χ1n) is 6.02. The lowest BCUT2D eigenvalue weighted by Crippen LogP contribution is -2.56. The summed E-state index contributed by atoms with van der Waals surface area (Å²) in [4.78, 5) is 12.3. The SMILES string of the molecule is CC1CCc2ccccc2N1C(=O)C(F)(F)C(F)(F)F. The number of benzene rings is 1. The van der Waals surface area contributed by atoms with Crippen LogP contribution in [0.25, 0.3) is 0 Å². The van der Waals surface area contributed by atoms with Gasteiger partial charge in [0.1, 0.15) is 0 Å². The van der Waals surface area contributed by atoms with Crippen LogP contribution in [-0.4, -0.2) is 24.0 Å². The maximum Gasteiger partial charge on any atom is 0.463 e. The second-order valence-electron chi connectivity index (χ2n) is 4.76. The van der Waals surface area contributed by atoms with E-state index in [1.807, 2.05) is 0 Å². The third-order valence-corrected chi connectivity index (χ3v) is 3.37. The Hall–Kier alpha value is -1.66. The molecule has 0 saturated heterocycles. The molecule has 1 aromatic carbocycles. The van der Waals surface area contributed by atoms with E-state index in [0.717, 1.165) is 0 Å².